The molecule has 0 aliphatic carbocycles. The molecule has 0 atom stereocenters. The quantitative estimate of drug-likeness (QED) is 0.832. The molecule has 6 nitrogen and oxygen atoms in total. The Morgan fingerprint density at radius 2 is 2.00 bits per heavy atom. The maximum absolute atomic E-state index is 11.3. The number of hydrogen-bond donors (Lipinski definition) is 1. The molecule has 0 aromatic carbocycles. The lowest BCUT2D eigenvalue weighted by Gasteiger charge is -2.00. The number of aromatic carboxylic acids is 1. The summed E-state index contributed by atoms with van der Waals surface area (Å²) in [4.78, 5) is 22.5. The summed E-state index contributed by atoms with van der Waals surface area (Å²) in [5.41, 5.74) is 1.29. The topological polar surface area (TPSA) is 77.1 Å². The second-order valence-corrected chi connectivity index (χ2v) is 4.11. The van der Waals surface area contributed by atoms with Crippen LogP contribution < -0.4 is 0 Å². The van der Waals surface area contributed by atoms with E-state index in [4.69, 9.17) is 5.11 Å². The molecule has 0 fully saturated rings. The molecule has 1 N–H and O–H groups in total. The molecule has 0 aliphatic rings. The summed E-state index contributed by atoms with van der Waals surface area (Å²) in [7, 11) is 1.77. The van der Waals surface area contributed by atoms with Gasteiger partial charge in [0.15, 0.2) is 11.6 Å². The van der Waals surface area contributed by atoms with E-state index in [1.54, 1.807) is 17.8 Å². The van der Waals surface area contributed by atoms with Gasteiger partial charge < -0.3 is 5.11 Å². The number of nitrogens with zero attached hydrogens (tertiary/aromatic N) is 3. The Morgan fingerprint density at radius 1 is 1.33 bits per heavy atom. The van der Waals surface area contributed by atoms with E-state index in [-0.39, 0.29) is 11.5 Å². The summed E-state index contributed by atoms with van der Waals surface area (Å²) in [6.45, 7) is 3.27. The highest BCUT2D eigenvalue weighted by atomic mass is 16.4. The Labute approximate surface area is 103 Å². The van der Waals surface area contributed by atoms with Gasteiger partial charge in [0.05, 0.1) is 0 Å². The molecule has 0 spiro atoms. The molecular weight excluding hydrogens is 234 g/mol. The molecule has 0 amide bonds. The monoisotopic (exact) mass is 247 g/mol. The van der Waals surface area contributed by atoms with Gasteiger partial charge in [-0.3, -0.25) is 14.0 Å². The van der Waals surface area contributed by atoms with Gasteiger partial charge in [0.1, 0.15) is 5.69 Å². The Morgan fingerprint density at radius 3 is 2.44 bits per heavy atom. The Bertz CT molecular complexity index is 618. The average Bonchev–Trinajstić information content (AvgIpc) is 2.83. The first kappa shape index (κ1) is 12.1. The zero-order chi connectivity index (χ0) is 13.4. The second-order valence-electron chi connectivity index (χ2n) is 4.11. The van der Waals surface area contributed by atoms with E-state index >= 15 is 0 Å². The third kappa shape index (κ3) is 1.92. The normalized spacial score (nSPS) is 10.6. The van der Waals surface area contributed by atoms with Crippen molar-refractivity contribution >= 4 is 11.8 Å². The zero-order valence-electron chi connectivity index (χ0n) is 10.3. The summed E-state index contributed by atoms with van der Waals surface area (Å²) in [5, 5.41) is 13.3. The molecule has 2 aromatic rings. The van der Waals surface area contributed by atoms with Crippen molar-refractivity contribution in [2.75, 3.05) is 0 Å². The van der Waals surface area contributed by atoms with E-state index in [2.05, 4.69) is 5.10 Å². The summed E-state index contributed by atoms with van der Waals surface area (Å²) >= 11 is 0. The maximum atomic E-state index is 11.3. The van der Waals surface area contributed by atoms with Gasteiger partial charge in [0.25, 0.3) is 0 Å². The molecule has 0 aliphatic heterocycles. The highest BCUT2D eigenvalue weighted by Crippen LogP contribution is 2.16. The average molecular weight is 247 g/mol. The highest BCUT2D eigenvalue weighted by molar-refractivity contribution is 5.97. The van der Waals surface area contributed by atoms with Crippen molar-refractivity contribution in [2.45, 2.75) is 13.8 Å². The van der Waals surface area contributed by atoms with Crippen LogP contribution in [0, 0.1) is 6.92 Å². The number of ketones is 1. The van der Waals surface area contributed by atoms with Crippen LogP contribution in [0.25, 0.3) is 5.82 Å². The van der Waals surface area contributed by atoms with Gasteiger partial charge in [0, 0.05) is 30.6 Å². The lowest BCUT2D eigenvalue weighted by Crippen LogP contribution is -2.06. The molecule has 2 aromatic heterocycles. The van der Waals surface area contributed by atoms with Gasteiger partial charge >= 0.3 is 5.97 Å². The fraction of sp³-hybridized carbons (Fsp3) is 0.250. The Balaban J connectivity index is 2.61. The molecule has 0 bridgehead atoms. The number of carbonyl (C=O) groups excluding carboxylic acids is 1. The number of rotatable bonds is 3. The first-order valence-corrected chi connectivity index (χ1v) is 5.38. The summed E-state index contributed by atoms with van der Waals surface area (Å²) in [6.07, 6.45) is 1.49. The lowest BCUT2D eigenvalue weighted by atomic mass is 10.2. The van der Waals surface area contributed by atoms with Gasteiger partial charge in [-0.1, -0.05) is 0 Å². The van der Waals surface area contributed by atoms with Crippen LogP contribution in [0.4, 0.5) is 0 Å². The Kier molecular flexibility index (Phi) is 2.78. The van der Waals surface area contributed by atoms with Crippen LogP contribution in [0.2, 0.25) is 0 Å². The van der Waals surface area contributed by atoms with Crippen molar-refractivity contribution in [2.24, 2.45) is 7.05 Å². The van der Waals surface area contributed by atoms with Crippen LogP contribution >= 0.6 is 0 Å². The van der Waals surface area contributed by atoms with Gasteiger partial charge in [-0.05, 0) is 19.9 Å². The van der Waals surface area contributed by atoms with E-state index in [1.807, 2.05) is 6.92 Å². The first-order chi connectivity index (χ1) is 8.40. The molecule has 0 radical (unpaired) electrons. The minimum atomic E-state index is -1.09. The standard InChI is InChI=1S/C12H13N3O3/c1-7-4-11(13-14(7)3)15-6-9(8(2)16)5-10(15)12(17)18/h4-6H,1-3H3,(H,17,18). The molecule has 0 unspecified atom stereocenters. The van der Waals surface area contributed by atoms with Crippen molar-refractivity contribution in [1.29, 1.82) is 0 Å². The molecule has 2 heterocycles. The molecule has 6 heteroatoms. The number of carboxylic acid groups (broad SMARTS) is 1. The van der Waals surface area contributed by atoms with Crippen LogP contribution in [-0.4, -0.2) is 31.2 Å². The largest absolute Gasteiger partial charge is 0.477 e. The number of carboxylic acids is 1. The molecule has 0 saturated heterocycles. The molecular formula is C12H13N3O3. The second kappa shape index (κ2) is 4.14. The van der Waals surface area contributed by atoms with Gasteiger partial charge in [0.2, 0.25) is 0 Å². The number of carbonyl (C=O) groups is 2. The van der Waals surface area contributed by atoms with Crippen LogP contribution in [0.15, 0.2) is 18.3 Å². The van der Waals surface area contributed by atoms with Crippen LogP contribution in [-0.2, 0) is 7.05 Å². The van der Waals surface area contributed by atoms with E-state index in [0.29, 0.717) is 11.4 Å². The van der Waals surface area contributed by atoms with Crippen molar-refractivity contribution < 1.29 is 14.7 Å². The van der Waals surface area contributed by atoms with Gasteiger partial charge in [-0.15, -0.1) is 0 Å². The molecule has 0 saturated carbocycles. The summed E-state index contributed by atoms with van der Waals surface area (Å²) < 4.78 is 3.06. The number of aryl methyl sites for hydroxylation is 2. The van der Waals surface area contributed by atoms with Crippen LogP contribution in [0.5, 0.6) is 0 Å². The maximum Gasteiger partial charge on any atom is 0.352 e. The third-order valence-electron chi connectivity index (χ3n) is 2.79. The highest BCUT2D eigenvalue weighted by Gasteiger charge is 2.17. The van der Waals surface area contributed by atoms with Crippen molar-refractivity contribution in [1.82, 2.24) is 14.3 Å². The predicted molar refractivity (Wildman–Crippen MR) is 64.2 cm³/mol. The summed E-state index contributed by atoms with van der Waals surface area (Å²) in [5.74, 6) is -0.783. The first-order valence-electron chi connectivity index (χ1n) is 5.38. The van der Waals surface area contributed by atoms with E-state index in [0.717, 1.165) is 5.69 Å². The fourth-order valence-electron chi connectivity index (χ4n) is 1.67. The lowest BCUT2D eigenvalue weighted by molar-refractivity contribution is 0.0688. The zero-order valence-corrected chi connectivity index (χ0v) is 10.3. The van der Waals surface area contributed by atoms with Crippen LogP contribution in [0.3, 0.4) is 0 Å². The smallest absolute Gasteiger partial charge is 0.352 e. The van der Waals surface area contributed by atoms with Crippen molar-refractivity contribution in [3.8, 4) is 5.82 Å². The van der Waals surface area contributed by atoms with Gasteiger partial charge in [-0.25, -0.2) is 4.79 Å². The predicted octanol–water partition coefficient (Wildman–Crippen LogP) is 1.42. The summed E-state index contributed by atoms with van der Waals surface area (Å²) in [6, 6.07) is 3.12. The third-order valence-corrected chi connectivity index (χ3v) is 2.79. The van der Waals surface area contributed by atoms with Crippen molar-refractivity contribution in [3.63, 3.8) is 0 Å². The molecule has 2 rings (SSSR count). The minimum absolute atomic E-state index is 0.0262. The van der Waals surface area contributed by atoms with Crippen molar-refractivity contribution in [3.05, 3.63) is 35.3 Å². The fourth-order valence-corrected chi connectivity index (χ4v) is 1.67. The number of hydrogen-bond acceptors (Lipinski definition) is 3. The van der Waals surface area contributed by atoms with E-state index < -0.39 is 5.97 Å². The number of aromatic nitrogens is 3. The molecule has 94 valence electrons. The minimum Gasteiger partial charge on any atom is -0.477 e. The van der Waals surface area contributed by atoms with E-state index in [9.17, 15) is 9.59 Å². The van der Waals surface area contributed by atoms with E-state index in [1.165, 1.54) is 23.8 Å². The number of Topliss-reactive ketones (excluding diaryl/α,β-unsaturated/α-hetero) is 1. The Hall–Kier alpha value is -2.37. The molecule has 18 heavy (non-hydrogen) atoms. The van der Waals surface area contributed by atoms with Gasteiger partial charge in [-0.2, -0.15) is 5.10 Å². The SMILES string of the molecule is CC(=O)c1cc(C(=O)O)n(-c2cc(C)n(C)n2)c1. The van der Waals surface area contributed by atoms with Crippen LogP contribution in [0.1, 0.15) is 33.5 Å².